The lowest BCUT2D eigenvalue weighted by atomic mass is 9.83. The highest BCUT2D eigenvalue weighted by Crippen LogP contribution is 2.34. The zero-order chi connectivity index (χ0) is 11.6. The highest BCUT2D eigenvalue weighted by molar-refractivity contribution is 5.11. The Morgan fingerprint density at radius 2 is 2.19 bits per heavy atom. The summed E-state index contributed by atoms with van der Waals surface area (Å²) in [6.07, 6.45) is 7.63. The van der Waals surface area contributed by atoms with Gasteiger partial charge < -0.3 is 5.73 Å². The number of nitrogens with zero attached hydrogens (tertiary/aromatic N) is 2. The van der Waals surface area contributed by atoms with Crippen LogP contribution in [0.3, 0.4) is 0 Å². The molecular formula is C13H21N3. The van der Waals surface area contributed by atoms with Crippen LogP contribution in [-0.2, 0) is 6.42 Å². The number of rotatable bonds is 4. The first-order valence-corrected chi connectivity index (χ1v) is 6.15. The van der Waals surface area contributed by atoms with Crippen LogP contribution in [0.2, 0.25) is 0 Å². The van der Waals surface area contributed by atoms with E-state index >= 15 is 0 Å². The maximum absolute atomic E-state index is 5.96. The number of hydrogen-bond acceptors (Lipinski definition) is 3. The van der Waals surface area contributed by atoms with Crippen LogP contribution in [-0.4, -0.2) is 15.5 Å². The molecule has 16 heavy (non-hydrogen) atoms. The Morgan fingerprint density at radius 1 is 1.44 bits per heavy atom. The molecule has 3 heteroatoms. The van der Waals surface area contributed by atoms with Crippen molar-refractivity contribution >= 4 is 0 Å². The van der Waals surface area contributed by atoms with Crippen LogP contribution in [0.15, 0.2) is 12.3 Å². The van der Waals surface area contributed by atoms with Crippen LogP contribution in [0.25, 0.3) is 0 Å². The van der Waals surface area contributed by atoms with Crippen LogP contribution >= 0.6 is 0 Å². The number of aryl methyl sites for hydroxylation is 1. The molecule has 0 amide bonds. The predicted octanol–water partition coefficient (Wildman–Crippen LogP) is 2.41. The molecule has 0 radical (unpaired) electrons. The maximum Gasteiger partial charge on any atom is 0.128 e. The summed E-state index contributed by atoms with van der Waals surface area (Å²) in [6, 6.07) is 2.06. The molecule has 2 rings (SSSR count). The molecule has 2 N–H and O–H groups in total. The van der Waals surface area contributed by atoms with E-state index in [-0.39, 0.29) is 5.54 Å². The summed E-state index contributed by atoms with van der Waals surface area (Å²) in [6.45, 7) is 4.09. The van der Waals surface area contributed by atoms with Gasteiger partial charge in [0.25, 0.3) is 0 Å². The van der Waals surface area contributed by atoms with Crippen LogP contribution in [0.1, 0.15) is 57.0 Å². The first-order chi connectivity index (χ1) is 7.54. The molecule has 0 atom stereocenters. The van der Waals surface area contributed by atoms with Crippen molar-refractivity contribution in [3.05, 3.63) is 23.8 Å². The quantitative estimate of drug-likeness (QED) is 0.846. The third-order valence-corrected chi connectivity index (χ3v) is 3.24. The van der Waals surface area contributed by atoms with Crippen molar-refractivity contribution in [2.75, 3.05) is 0 Å². The molecule has 0 unspecified atom stereocenters. The standard InChI is InChI=1S/C13H21N3/c1-13(2,14)8-6-12-15-9-7-11(16-12)10-4-3-5-10/h7,9-10H,3-6,8,14H2,1-2H3. The molecule has 0 aliphatic heterocycles. The zero-order valence-corrected chi connectivity index (χ0v) is 10.2. The van der Waals surface area contributed by atoms with Gasteiger partial charge in [0.1, 0.15) is 5.82 Å². The molecule has 0 bridgehead atoms. The minimum absolute atomic E-state index is 0.129. The summed E-state index contributed by atoms with van der Waals surface area (Å²) >= 11 is 0. The first-order valence-electron chi connectivity index (χ1n) is 6.15. The van der Waals surface area contributed by atoms with Gasteiger partial charge in [-0.05, 0) is 39.2 Å². The molecule has 1 saturated carbocycles. The highest BCUT2D eigenvalue weighted by Gasteiger charge is 2.21. The molecule has 1 aliphatic rings. The van der Waals surface area contributed by atoms with E-state index < -0.39 is 0 Å². The van der Waals surface area contributed by atoms with Gasteiger partial charge in [0.05, 0.1) is 0 Å². The second kappa shape index (κ2) is 4.50. The smallest absolute Gasteiger partial charge is 0.128 e. The van der Waals surface area contributed by atoms with Gasteiger partial charge in [-0.25, -0.2) is 9.97 Å². The zero-order valence-electron chi connectivity index (χ0n) is 10.2. The van der Waals surface area contributed by atoms with Gasteiger partial charge in [-0.3, -0.25) is 0 Å². The first kappa shape index (κ1) is 11.5. The van der Waals surface area contributed by atoms with Crippen LogP contribution in [0, 0.1) is 0 Å². The van der Waals surface area contributed by atoms with Crippen molar-refractivity contribution in [1.82, 2.24) is 9.97 Å². The SMILES string of the molecule is CC(C)(N)CCc1nccc(C2CCC2)n1. The third-order valence-electron chi connectivity index (χ3n) is 3.24. The fourth-order valence-electron chi connectivity index (χ4n) is 1.90. The van der Waals surface area contributed by atoms with Crippen molar-refractivity contribution in [3.63, 3.8) is 0 Å². The summed E-state index contributed by atoms with van der Waals surface area (Å²) in [5, 5.41) is 0. The lowest BCUT2D eigenvalue weighted by Crippen LogP contribution is -2.32. The lowest BCUT2D eigenvalue weighted by Gasteiger charge is -2.25. The van der Waals surface area contributed by atoms with E-state index in [0.29, 0.717) is 5.92 Å². The monoisotopic (exact) mass is 219 g/mol. The fraction of sp³-hybridized carbons (Fsp3) is 0.692. The molecule has 88 valence electrons. The molecule has 1 aromatic heterocycles. The molecule has 1 heterocycles. The van der Waals surface area contributed by atoms with E-state index in [1.54, 1.807) is 0 Å². The van der Waals surface area contributed by atoms with Crippen LogP contribution < -0.4 is 5.73 Å². The van der Waals surface area contributed by atoms with E-state index in [9.17, 15) is 0 Å². The lowest BCUT2D eigenvalue weighted by molar-refractivity contribution is 0.408. The van der Waals surface area contributed by atoms with Crippen molar-refractivity contribution < 1.29 is 0 Å². The number of aromatic nitrogens is 2. The van der Waals surface area contributed by atoms with Crippen molar-refractivity contribution in [2.24, 2.45) is 5.73 Å². The highest BCUT2D eigenvalue weighted by atomic mass is 14.9. The predicted molar refractivity (Wildman–Crippen MR) is 65.2 cm³/mol. The maximum atomic E-state index is 5.96. The molecule has 0 aromatic carbocycles. The molecule has 0 saturated heterocycles. The van der Waals surface area contributed by atoms with Gasteiger partial charge >= 0.3 is 0 Å². The summed E-state index contributed by atoms with van der Waals surface area (Å²) < 4.78 is 0. The van der Waals surface area contributed by atoms with E-state index in [1.165, 1.54) is 25.0 Å². The average molecular weight is 219 g/mol. The van der Waals surface area contributed by atoms with Crippen LogP contribution in [0.4, 0.5) is 0 Å². The van der Waals surface area contributed by atoms with Gasteiger partial charge in [-0.1, -0.05) is 6.42 Å². The van der Waals surface area contributed by atoms with Crippen molar-refractivity contribution in [2.45, 2.75) is 57.4 Å². The Balaban J connectivity index is 1.98. The van der Waals surface area contributed by atoms with Gasteiger partial charge in [-0.2, -0.15) is 0 Å². The second-order valence-corrected chi connectivity index (χ2v) is 5.51. The van der Waals surface area contributed by atoms with Crippen molar-refractivity contribution in [3.8, 4) is 0 Å². The molecule has 1 aromatic rings. The fourth-order valence-corrected chi connectivity index (χ4v) is 1.90. The average Bonchev–Trinajstić information content (AvgIpc) is 2.12. The summed E-state index contributed by atoms with van der Waals surface area (Å²) in [5.74, 6) is 1.63. The Hall–Kier alpha value is -0.960. The Labute approximate surface area is 97.5 Å². The summed E-state index contributed by atoms with van der Waals surface area (Å²) in [4.78, 5) is 8.95. The van der Waals surface area contributed by atoms with E-state index in [0.717, 1.165) is 18.7 Å². The Kier molecular flexibility index (Phi) is 3.24. The topological polar surface area (TPSA) is 51.8 Å². The minimum Gasteiger partial charge on any atom is -0.326 e. The number of nitrogens with two attached hydrogens (primary N) is 1. The molecular weight excluding hydrogens is 198 g/mol. The molecule has 0 spiro atoms. The Bertz CT molecular complexity index is 350. The largest absolute Gasteiger partial charge is 0.326 e. The second-order valence-electron chi connectivity index (χ2n) is 5.51. The normalized spacial score (nSPS) is 17.2. The minimum atomic E-state index is -0.129. The molecule has 3 nitrogen and oxygen atoms in total. The molecule has 1 fully saturated rings. The van der Waals surface area contributed by atoms with E-state index in [1.807, 2.05) is 20.0 Å². The molecule has 1 aliphatic carbocycles. The third kappa shape index (κ3) is 3.01. The Morgan fingerprint density at radius 3 is 2.75 bits per heavy atom. The van der Waals surface area contributed by atoms with Gasteiger partial charge in [0.2, 0.25) is 0 Å². The van der Waals surface area contributed by atoms with Gasteiger partial charge in [0, 0.05) is 29.8 Å². The summed E-state index contributed by atoms with van der Waals surface area (Å²) in [7, 11) is 0. The van der Waals surface area contributed by atoms with E-state index in [4.69, 9.17) is 5.73 Å². The van der Waals surface area contributed by atoms with Crippen molar-refractivity contribution in [1.29, 1.82) is 0 Å². The van der Waals surface area contributed by atoms with Gasteiger partial charge in [-0.15, -0.1) is 0 Å². The van der Waals surface area contributed by atoms with Gasteiger partial charge in [0.15, 0.2) is 0 Å². The van der Waals surface area contributed by atoms with Crippen LogP contribution in [0.5, 0.6) is 0 Å². The van der Waals surface area contributed by atoms with E-state index in [2.05, 4.69) is 16.0 Å². The number of hydrogen-bond donors (Lipinski definition) is 1. The summed E-state index contributed by atoms with van der Waals surface area (Å²) in [5.41, 5.74) is 7.06.